The molecule has 1 aliphatic heterocycles. The Hall–Kier alpha value is -0.350. The Kier molecular flexibility index (Phi) is 4.41. The van der Waals surface area contributed by atoms with Crippen molar-refractivity contribution in [2.75, 3.05) is 0 Å². The minimum atomic E-state index is 0.558. The van der Waals surface area contributed by atoms with Crippen LogP contribution in [0, 0.1) is 3.57 Å². The van der Waals surface area contributed by atoms with E-state index < -0.39 is 0 Å². The van der Waals surface area contributed by atoms with Gasteiger partial charge in [-0.3, -0.25) is 0 Å². The molecule has 1 nitrogen and oxygen atoms in total. The molecule has 2 heteroatoms. The van der Waals surface area contributed by atoms with Crippen LogP contribution >= 0.6 is 22.6 Å². The summed E-state index contributed by atoms with van der Waals surface area (Å²) in [6.07, 6.45) is 8.46. The molecule has 1 aromatic carbocycles. The Bertz CT molecular complexity index is 356. The largest absolute Gasteiger partial charge is 0.308 e. The van der Waals surface area contributed by atoms with Gasteiger partial charge in [0, 0.05) is 15.7 Å². The summed E-state index contributed by atoms with van der Waals surface area (Å²) in [6, 6.07) is 9.87. The molecule has 2 rings (SSSR count). The molecule has 0 aromatic heterocycles. The van der Waals surface area contributed by atoms with E-state index in [-0.39, 0.29) is 0 Å². The fourth-order valence-electron chi connectivity index (χ4n) is 2.13. The first-order valence-corrected chi connectivity index (χ1v) is 7.02. The van der Waals surface area contributed by atoms with Gasteiger partial charge in [-0.25, -0.2) is 0 Å². The summed E-state index contributed by atoms with van der Waals surface area (Å²) in [5, 5.41) is 3.61. The third kappa shape index (κ3) is 3.59. The van der Waals surface area contributed by atoms with Gasteiger partial charge in [0.2, 0.25) is 0 Å². The van der Waals surface area contributed by atoms with Crippen LogP contribution in [0.3, 0.4) is 0 Å². The summed E-state index contributed by atoms with van der Waals surface area (Å²) >= 11 is 2.33. The van der Waals surface area contributed by atoms with Gasteiger partial charge < -0.3 is 5.32 Å². The van der Waals surface area contributed by atoms with Gasteiger partial charge >= 0.3 is 0 Å². The Labute approximate surface area is 111 Å². The van der Waals surface area contributed by atoms with Gasteiger partial charge in [0.05, 0.1) is 0 Å². The second-order valence-corrected chi connectivity index (χ2v) is 5.76. The molecular weight excluding hydrogens is 309 g/mol. The van der Waals surface area contributed by atoms with Gasteiger partial charge in [-0.15, -0.1) is 0 Å². The topological polar surface area (TPSA) is 12.0 Å². The van der Waals surface area contributed by atoms with E-state index in [1.54, 1.807) is 0 Å². The van der Waals surface area contributed by atoms with Crippen molar-refractivity contribution in [1.29, 1.82) is 0 Å². The van der Waals surface area contributed by atoms with E-state index >= 15 is 0 Å². The molecule has 0 amide bonds. The Balaban J connectivity index is 1.95. The fourth-order valence-corrected chi connectivity index (χ4v) is 2.49. The maximum Gasteiger partial charge on any atom is 0.0255 e. The van der Waals surface area contributed by atoms with E-state index in [1.807, 2.05) is 0 Å². The molecule has 1 saturated heterocycles. The molecule has 2 atom stereocenters. The first-order chi connectivity index (χ1) is 7.74. The van der Waals surface area contributed by atoms with Crippen LogP contribution in [0.2, 0.25) is 0 Å². The van der Waals surface area contributed by atoms with E-state index in [2.05, 4.69) is 71.2 Å². The molecular formula is C14H18IN. The molecule has 0 saturated carbocycles. The zero-order valence-electron chi connectivity index (χ0n) is 9.62. The zero-order chi connectivity index (χ0) is 11.4. The summed E-state index contributed by atoms with van der Waals surface area (Å²) in [5.74, 6) is 0. The molecule has 1 aliphatic rings. The average Bonchev–Trinajstić information content (AvgIpc) is 2.28. The van der Waals surface area contributed by atoms with Crippen molar-refractivity contribution in [3.63, 3.8) is 0 Å². The van der Waals surface area contributed by atoms with Gasteiger partial charge in [-0.1, -0.05) is 30.7 Å². The number of rotatable bonds is 2. The molecule has 0 aliphatic carbocycles. The highest BCUT2D eigenvalue weighted by atomic mass is 127. The van der Waals surface area contributed by atoms with Crippen LogP contribution in [0.25, 0.3) is 6.08 Å². The molecule has 0 spiro atoms. The standard InChI is InChI=1S/C14H18IN/c1-11-3-2-4-14(16-11)10-7-12-5-8-13(15)9-6-12/h5-11,14,16H,2-4H2,1H3/b10-7+. The normalized spacial score (nSPS) is 26.1. The molecule has 86 valence electrons. The summed E-state index contributed by atoms with van der Waals surface area (Å²) in [4.78, 5) is 0. The number of halogens is 1. The van der Waals surface area contributed by atoms with Crippen molar-refractivity contribution in [2.24, 2.45) is 0 Å². The molecule has 2 unspecified atom stereocenters. The van der Waals surface area contributed by atoms with Gasteiger partial charge in [-0.2, -0.15) is 0 Å². The average molecular weight is 327 g/mol. The molecule has 0 radical (unpaired) electrons. The van der Waals surface area contributed by atoms with E-state index in [1.165, 1.54) is 28.4 Å². The third-order valence-corrected chi connectivity index (χ3v) is 3.76. The number of piperidine rings is 1. The quantitative estimate of drug-likeness (QED) is 0.814. The van der Waals surface area contributed by atoms with Crippen molar-refractivity contribution in [1.82, 2.24) is 5.32 Å². The zero-order valence-corrected chi connectivity index (χ0v) is 11.8. The van der Waals surface area contributed by atoms with Crippen LogP contribution in [0.4, 0.5) is 0 Å². The van der Waals surface area contributed by atoms with Crippen molar-refractivity contribution >= 4 is 28.7 Å². The highest BCUT2D eigenvalue weighted by molar-refractivity contribution is 14.1. The monoisotopic (exact) mass is 327 g/mol. The lowest BCUT2D eigenvalue weighted by atomic mass is 9.99. The number of hydrogen-bond donors (Lipinski definition) is 1. The molecule has 0 bridgehead atoms. The number of benzene rings is 1. The van der Waals surface area contributed by atoms with Crippen LogP contribution in [0.1, 0.15) is 31.7 Å². The molecule has 16 heavy (non-hydrogen) atoms. The predicted molar refractivity (Wildman–Crippen MR) is 78.4 cm³/mol. The van der Waals surface area contributed by atoms with E-state index in [4.69, 9.17) is 0 Å². The Morgan fingerprint density at radius 2 is 2.00 bits per heavy atom. The van der Waals surface area contributed by atoms with Crippen LogP contribution in [-0.4, -0.2) is 12.1 Å². The Morgan fingerprint density at radius 1 is 1.25 bits per heavy atom. The third-order valence-electron chi connectivity index (χ3n) is 3.04. The molecule has 1 N–H and O–H groups in total. The minimum absolute atomic E-state index is 0.558. The summed E-state index contributed by atoms with van der Waals surface area (Å²) in [5.41, 5.74) is 1.29. The summed E-state index contributed by atoms with van der Waals surface area (Å²) < 4.78 is 1.29. The number of hydrogen-bond acceptors (Lipinski definition) is 1. The van der Waals surface area contributed by atoms with Gasteiger partial charge in [-0.05, 0) is 60.1 Å². The lowest BCUT2D eigenvalue weighted by Gasteiger charge is -2.26. The minimum Gasteiger partial charge on any atom is -0.308 e. The molecule has 1 aromatic rings. The highest BCUT2D eigenvalue weighted by Gasteiger charge is 2.14. The lowest BCUT2D eigenvalue weighted by molar-refractivity contribution is 0.375. The van der Waals surface area contributed by atoms with Crippen molar-refractivity contribution < 1.29 is 0 Å². The highest BCUT2D eigenvalue weighted by Crippen LogP contribution is 2.15. The van der Waals surface area contributed by atoms with Crippen molar-refractivity contribution in [2.45, 2.75) is 38.3 Å². The van der Waals surface area contributed by atoms with Crippen molar-refractivity contribution in [3.05, 3.63) is 39.5 Å². The summed E-state index contributed by atoms with van der Waals surface area (Å²) in [6.45, 7) is 2.27. The maximum atomic E-state index is 3.61. The van der Waals surface area contributed by atoms with Crippen LogP contribution in [0.5, 0.6) is 0 Å². The predicted octanol–water partition coefficient (Wildman–Crippen LogP) is 3.84. The van der Waals surface area contributed by atoms with Crippen LogP contribution < -0.4 is 5.32 Å². The van der Waals surface area contributed by atoms with Crippen LogP contribution in [0.15, 0.2) is 30.3 Å². The first kappa shape index (κ1) is 12.1. The van der Waals surface area contributed by atoms with Crippen LogP contribution in [-0.2, 0) is 0 Å². The number of nitrogens with one attached hydrogen (secondary N) is 1. The molecule has 1 heterocycles. The second-order valence-electron chi connectivity index (χ2n) is 4.52. The van der Waals surface area contributed by atoms with E-state index in [9.17, 15) is 0 Å². The van der Waals surface area contributed by atoms with E-state index in [0.717, 1.165) is 0 Å². The summed E-state index contributed by atoms with van der Waals surface area (Å²) in [7, 11) is 0. The fraction of sp³-hybridized carbons (Fsp3) is 0.429. The molecule has 1 fully saturated rings. The van der Waals surface area contributed by atoms with Gasteiger partial charge in [0.1, 0.15) is 0 Å². The smallest absolute Gasteiger partial charge is 0.0255 e. The second kappa shape index (κ2) is 5.82. The Morgan fingerprint density at radius 3 is 2.69 bits per heavy atom. The van der Waals surface area contributed by atoms with Crippen molar-refractivity contribution in [3.8, 4) is 0 Å². The maximum absolute atomic E-state index is 3.61. The SMILES string of the molecule is CC1CCCC(/C=C/c2ccc(I)cc2)N1. The lowest BCUT2D eigenvalue weighted by Crippen LogP contribution is -2.39. The van der Waals surface area contributed by atoms with E-state index in [0.29, 0.717) is 12.1 Å². The first-order valence-electron chi connectivity index (χ1n) is 5.94. The van der Waals surface area contributed by atoms with Gasteiger partial charge in [0.25, 0.3) is 0 Å². The van der Waals surface area contributed by atoms with Gasteiger partial charge in [0.15, 0.2) is 0 Å².